The molecule has 0 aliphatic carbocycles. The molecule has 14 nitrogen and oxygen atoms in total. The molecule has 0 aromatic heterocycles. The fourth-order valence-corrected chi connectivity index (χ4v) is 7.60. The topological polar surface area (TPSA) is 178 Å². The van der Waals surface area contributed by atoms with Crippen LogP contribution in [0, 0.1) is 0 Å². The predicted molar refractivity (Wildman–Crippen MR) is 212 cm³/mol. The number of carbonyl (C=O) groups excluding carboxylic acids is 1. The SMILES string of the molecule is CCC1(CO)CO[C@@]2(CC[C@H](CO)O2)C(C(=O)O)O1.CCC1(COCc2ccccc2)CO[C@@]2(CC[C@H](COCc3ccccc3)O2)C(C(=O)OCc2ccccc2)O1. The van der Waals surface area contributed by atoms with Gasteiger partial charge in [0.25, 0.3) is 0 Å². The van der Waals surface area contributed by atoms with Crippen LogP contribution in [-0.4, -0.2) is 114 Å². The lowest BCUT2D eigenvalue weighted by Gasteiger charge is -2.47. The van der Waals surface area contributed by atoms with E-state index in [1.165, 1.54) is 0 Å². The number of carboxylic acid groups (broad SMARTS) is 1. The summed E-state index contributed by atoms with van der Waals surface area (Å²) in [5.74, 6) is -4.28. The third-order valence-corrected chi connectivity index (χ3v) is 11.4. The minimum Gasteiger partial charge on any atom is -0.479 e. The molecule has 0 amide bonds. The zero-order valence-electron chi connectivity index (χ0n) is 33.9. The summed E-state index contributed by atoms with van der Waals surface area (Å²) in [4.78, 5) is 25.0. The van der Waals surface area contributed by atoms with Gasteiger partial charge in [0.1, 0.15) is 17.8 Å². The van der Waals surface area contributed by atoms with Gasteiger partial charge in [-0.05, 0) is 42.4 Å². The maximum Gasteiger partial charge on any atom is 0.341 e. The number of hydrogen-bond donors (Lipinski definition) is 3. The number of aliphatic carboxylic acids is 1. The number of carbonyl (C=O) groups is 2. The van der Waals surface area contributed by atoms with Crippen LogP contribution in [0.25, 0.3) is 0 Å². The van der Waals surface area contributed by atoms with Crippen molar-refractivity contribution in [2.75, 3.05) is 39.6 Å². The molecule has 4 unspecified atom stereocenters. The van der Waals surface area contributed by atoms with Crippen LogP contribution in [0.5, 0.6) is 0 Å². The number of carboxylic acids is 1. The Morgan fingerprint density at radius 1 is 0.644 bits per heavy atom. The molecule has 0 radical (unpaired) electrons. The van der Waals surface area contributed by atoms with E-state index in [2.05, 4.69) is 0 Å². The van der Waals surface area contributed by atoms with Crippen molar-refractivity contribution in [2.45, 2.75) is 119 Å². The largest absolute Gasteiger partial charge is 0.479 e. The standard InChI is InChI=1S/C33H38O7.C12H20O7/c1-2-32(24-36-21-27-14-8-4-9-15-27)25-38-33(30(40-32)31(34)37-22-28-16-10-5-11-17-28)19-18-29(39-33)23-35-20-26-12-6-3-7-13-26;1-2-11(6-14)7-17-12(9(19-11)10(15)16)4-3-8(5-13)18-12/h3-17,29-30H,2,18-25H2,1H3;8-9,13-14H,2-7H2,1H3,(H,15,16)/t29-,30?,32?,33-;8-,9?,11?,12-/m11/s1. The molecule has 7 rings (SSSR count). The van der Waals surface area contributed by atoms with Crippen molar-refractivity contribution in [2.24, 2.45) is 0 Å². The molecule has 0 saturated carbocycles. The summed E-state index contributed by atoms with van der Waals surface area (Å²) < 4.78 is 53.9. The Balaban J connectivity index is 0.000000257. The zero-order valence-corrected chi connectivity index (χ0v) is 33.9. The molecule has 3 N–H and O–H groups in total. The van der Waals surface area contributed by atoms with Crippen LogP contribution < -0.4 is 0 Å². The van der Waals surface area contributed by atoms with Crippen molar-refractivity contribution in [3.05, 3.63) is 108 Å². The number of rotatable bonds is 16. The Morgan fingerprint density at radius 2 is 1.14 bits per heavy atom. The molecule has 4 aliphatic heterocycles. The lowest BCUT2D eigenvalue weighted by atomic mass is 9.96. The van der Waals surface area contributed by atoms with Gasteiger partial charge < -0.3 is 58.0 Å². The minimum absolute atomic E-state index is 0.0714. The first-order chi connectivity index (χ1) is 28.6. The zero-order chi connectivity index (χ0) is 41.8. The highest BCUT2D eigenvalue weighted by atomic mass is 16.8. The van der Waals surface area contributed by atoms with Crippen LogP contribution in [0.2, 0.25) is 0 Å². The predicted octanol–water partition coefficient (Wildman–Crippen LogP) is 5.10. The first-order valence-corrected chi connectivity index (χ1v) is 20.5. The molecule has 4 saturated heterocycles. The van der Waals surface area contributed by atoms with E-state index >= 15 is 0 Å². The highest BCUT2D eigenvalue weighted by molar-refractivity contribution is 5.76. The van der Waals surface area contributed by atoms with Crippen LogP contribution in [0.4, 0.5) is 0 Å². The van der Waals surface area contributed by atoms with Gasteiger partial charge in [-0.15, -0.1) is 0 Å². The Labute approximate surface area is 345 Å². The second-order valence-corrected chi connectivity index (χ2v) is 15.6. The normalized spacial score (nSPS) is 31.5. The maximum absolute atomic E-state index is 13.6. The molecule has 2 spiro atoms. The summed E-state index contributed by atoms with van der Waals surface area (Å²) in [7, 11) is 0. The van der Waals surface area contributed by atoms with E-state index in [0.29, 0.717) is 58.3 Å². The summed E-state index contributed by atoms with van der Waals surface area (Å²) in [5.41, 5.74) is 1.25. The number of hydrogen-bond acceptors (Lipinski definition) is 13. The summed E-state index contributed by atoms with van der Waals surface area (Å²) in [5, 5.41) is 27.8. The van der Waals surface area contributed by atoms with Crippen LogP contribution >= 0.6 is 0 Å². The van der Waals surface area contributed by atoms with E-state index in [0.717, 1.165) is 16.7 Å². The maximum atomic E-state index is 13.6. The monoisotopic (exact) mass is 822 g/mol. The molecule has 59 heavy (non-hydrogen) atoms. The second-order valence-electron chi connectivity index (χ2n) is 15.6. The molecule has 14 heteroatoms. The number of esters is 1. The van der Waals surface area contributed by atoms with Crippen LogP contribution in [0.15, 0.2) is 91.0 Å². The number of aliphatic hydroxyl groups is 2. The molecule has 3 aromatic carbocycles. The van der Waals surface area contributed by atoms with Crippen molar-refractivity contribution in [1.29, 1.82) is 0 Å². The van der Waals surface area contributed by atoms with E-state index < -0.39 is 53.0 Å². The van der Waals surface area contributed by atoms with E-state index in [-0.39, 0.29) is 45.7 Å². The lowest BCUT2D eigenvalue weighted by Crippen LogP contribution is -2.63. The average molecular weight is 823 g/mol. The van der Waals surface area contributed by atoms with Gasteiger partial charge in [0.15, 0.2) is 0 Å². The van der Waals surface area contributed by atoms with Crippen LogP contribution in [-0.2, 0) is 72.0 Å². The van der Waals surface area contributed by atoms with Crippen molar-refractivity contribution in [3.63, 3.8) is 0 Å². The molecular weight excluding hydrogens is 764 g/mol. The van der Waals surface area contributed by atoms with Gasteiger partial charge >= 0.3 is 11.9 Å². The summed E-state index contributed by atoms with van der Waals surface area (Å²) in [6.45, 7) is 5.37. The smallest absolute Gasteiger partial charge is 0.341 e. The first-order valence-electron chi connectivity index (χ1n) is 20.5. The van der Waals surface area contributed by atoms with Gasteiger partial charge in [0.2, 0.25) is 23.8 Å². The Bertz CT molecular complexity index is 1740. The van der Waals surface area contributed by atoms with Gasteiger partial charge in [-0.1, -0.05) is 105 Å². The second kappa shape index (κ2) is 20.6. The highest BCUT2D eigenvalue weighted by Gasteiger charge is 2.60. The van der Waals surface area contributed by atoms with Gasteiger partial charge in [-0.3, -0.25) is 0 Å². The first kappa shape index (κ1) is 44.7. The lowest BCUT2D eigenvalue weighted by molar-refractivity contribution is -0.359. The summed E-state index contributed by atoms with van der Waals surface area (Å²) in [6, 6.07) is 29.6. The summed E-state index contributed by atoms with van der Waals surface area (Å²) in [6.07, 6.45) is 0.0778. The van der Waals surface area contributed by atoms with Crippen molar-refractivity contribution < 1.29 is 67.5 Å². The molecule has 4 aliphatic rings. The number of benzene rings is 3. The molecule has 0 bridgehead atoms. The Morgan fingerprint density at radius 3 is 1.66 bits per heavy atom. The van der Waals surface area contributed by atoms with Crippen molar-refractivity contribution in [3.8, 4) is 0 Å². The van der Waals surface area contributed by atoms with Gasteiger partial charge in [0.05, 0.1) is 65.1 Å². The molecule has 3 aromatic rings. The molecule has 4 fully saturated rings. The third-order valence-electron chi connectivity index (χ3n) is 11.4. The van der Waals surface area contributed by atoms with Crippen molar-refractivity contribution >= 4 is 11.9 Å². The average Bonchev–Trinajstić information content (AvgIpc) is 3.89. The van der Waals surface area contributed by atoms with Crippen LogP contribution in [0.1, 0.15) is 69.1 Å². The van der Waals surface area contributed by atoms with E-state index in [9.17, 15) is 19.8 Å². The van der Waals surface area contributed by atoms with Gasteiger partial charge in [0, 0.05) is 12.8 Å². The molecular formula is C45H58O14. The molecule has 322 valence electrons. The highest BCUT2D eigenvalue weighted by Crippen LogP contribution is 2.44. The quantitative estimate of drug-likeness (QED) is 0.163. The van der Waals surface area contributed by atoms with Crippen LogP contribution in [0.3, 0.4) is 0 Å². The van der Waals surface area contributed by atoms with E-state index in [1.807, 2.05) is 97.9 Å². The summed E-state index contributed by atoms with van der Waals surface area (Å²) >= 11 is 0. The Hall–Kier alpha value is -3.80. The fraction of sp³-hybridized carbons (Fsp3) is 0.556. The van der Waals surface area contributed by atoms with Gasteiger partial charge in [-0.25, -0.2) is 9.59 Å². The molecule has 4 heterocycles. The number of ether oxygens (including phenoxy) is 9. The molecule has 8 atom stereocenters. The third kappa shape index (κ3) is 11.1. The van der Waals surface area contributed by atoms with Crippen molar-refractivity contribution in [1.82, 2.24) is 0 Å². The fourth-order valence-electron chi connectivity index (χ4n) is 7.60. The van der Waals surface area contributed by atoms with E-state index in [4.69, 9.17) is 47.7 Å². The number of aliphatic hydroxyl groups excluding tert-OH is 2. The Kier molecular flexibility index (Phi) is 15.7. The minimum atomic E-state index is -1.35. The van der Waals surface area contributed by atoms with E-state index in [1.54, 1.807) is 6.92 Å². The van der Waals surface area contributed by atoms with Gasteiger partial charge in [-0.2, -0.15) is 0 Å².